The molecular formula is C17H30O4. The van der Waals surface area contributed by atoms with E-state index in [9.17, 15) is 9.59 Å². The molecule has 0 aliphatic carbocycles. The maximum atomic E-state index is 12.4. The predicted molar refractivity (Wildman–Crippen MR) is 83.7 cm³/mol. The molecule has 0 heterocycles. The first-order valence-corrected chi connectivity index (χ1v) is 7.40. The highest BCUT2D eigenvalue weighted by Crippen LogP contribution is 2.40. The standard InChI is InChI=1S/C17H30O4/c1-12(2)14(18)20-9-10-21-15(19)17(8,13(3)4)11-16(5,6)7/h13H,1,9-11H2,2-8H3. The summed E-state index contributed by atoms with van der Waals surface area (Å²) in [5.41, 5.74) is -0.178. The zero-order valence-corrected chi connectivity index (χ0v) is 14.5. The molecule has 0 spiro atoms. The van der Waals surface area contributed by atoms with E-state index in [1.54, 1.807) is 6.92 Å². The molecule has 0 aliphatic heterocycles. The molecule has 1 atom stereocenters. The van der Waals surface area contributed by atoms with Crippen molar-refractivity contribution in [3.63, 3.8) is 0 Å². The van der Waals surface area contributed by atoms with E-state index in [2.05, 4.69) is 27.4 Å². The normalized spacial score (nSPS) is 14.5. The molecule has 1 unspecified atom stereocenters. The number of hydrogen-bond donors (Lipinski definition) is 0. The third-order valence-electron chi connectivity index (χ3n) is 3.54. The molecule has 0 saturated heterocycles. The summed E-state index contributed by atoms with van der Waals surface area (Å²) in [5.74, 6) is -0.534. The van der Waals surface area contributed by atoms with Crippen LogP contribution in [-0.4, -0.2) is 25.2 Å². The van der Waals surface area contributed by atoms with Gasteiger partial charge in [-0.1, -0.05) is 41.2 Å². The number of hydrogen-bond acceptors (Lipinski definition) is 4. The third kappa shape index (κ3) is 6.78. The molecule has 0 aromatic rings. The van der Waals surface area contributed by atoms with Gasteiger partial charge in [-0.2, -0.15) is 0 Å². The molecule has 0 aromatic heterocycles. The van der Waals surface area contributed by atoms with Crippen LogP contribution in [-0.2, 0) is 19.1 Å². The molecule has 122 valence electrons. The van der Waals surface area contributed by atoms with Crippen molar-refractivity contribution in [2.24, 2.45) is 16.7 Å². The summed E-state index contributed by atoms with van der Waals surface area (Å²) in [5, 5.41) is 0. The van der Waals surface area contributed by atoms with Crippen LogP contribution in [0, 0.1) is 16.7 Å². The van der Waals surface area contributed by atoms with Gasteiger partial charge in [0, 0.05) is 5.57 Å². The van der Waals surface area contributed by atoms with Gasteiger partial charge in [-0.15, -0.1) is 0 Å². The fraction of sp³-hybridized carbons (Fsp3) is 0.765. The highest BCUT2D eigenvalue weighted by atomic mass is 16.6. The zero-order valence-electron chi connectivity index (χ0n) is 14.5. The van der Waals surface area contributed by atoms with Crippen molar-refractivity contribution in [1.29, 1.82) is 0 Å². The lowest BCUT2D eigenvalue weighted by Crippen LogP contribution is -2.39. The highest BCUT2D eigenvalue weighted by Gasteiger charge is 2.41. The molecule has 21 heavy (non-hydrogen) atoms. The molecule has 4 nitrogen and oxygen atoms in total. The minimum absolute atomic E-state index is 0.0322. The van der Waals surface area contributed by atoms with E-state index in [0.29, 0.717) is 5.57 Å². The van der Waals surface area contributed by atoms with Crippen LogP contribution in [0.25, 0.3) is 0 Å². The van der Waals surface area contributed by atoms with Crippen LogP contribution in [0.5, 0.6) is 0 Å². The molecular weight excluding hydrogens is 268 g/mol. The lowest BCUT2D eigenvalue weighted by Gasteiger charge is -2.36. The van der Waals surface area contributed by atoms with E-state index in [1.165, 1.54) is 0 Å². The van der Waals surface area contributed by atoms with E-state index < -0.39 is 11.4 Å². The van der Waals surface area contributed by atoms with Crippen LogP contribution in [0.2, 0.25) is 0 Å². The number of esters is 2. The Bertz CT molecular complexity index is 390. The highest BCUT2D eigenvalue weighted by molar-refractivity contribution is 5.86. The second-order valence-electron chi connectivity index (χ2n) is 7.36. The first-order chi connectivity index (χ1) is 9.40. The number of carbonyl (C=O) groups excluding carboxylic acids is 2. The number of rotatable bonds is 7. The Labute approximate surface area is 128 Å². The summed E-state index contributed by atoms with van der Waals surface area (Å²) in [6.07, 6.45) is 0.738. The van der Waals surface area contributed by atoms with Crippen LogP contribution >= 0.6 is 0 Å². The van der Waals surface area contributed by atoms with Crippen molar-refractivity contribution in [1.82, 2.24) is 0 Å². The molecule has 0 saturated carbocycles. The van der Waals surface area contributed by atoms with E-state index in [1.807, 2.05) is 20.8 Å². The zero-order chi connectivity index (χ0) is 16.8. The van der Waals surface area contributed by atoms with Crippen LogP contribution in [0.4, 0.5) is 0 Å². The molecule has 0 fully saturated rings. The summed E-state index contributed by atoms with van der Waals surface area (Å²) in [6.45, 7) is 17.5. The van der Waals surface area contributed by atoms with E-state index >= 15 is 0 Å². The molecule has 0 amide bonds. The SMILES string of the molecule is C=C(C)C(=O)OCCOC(=O)C(C)(CC(C)(C)C)C(C)C. The van der Waals surface area contributed by atoms with Gasteiger partial charge in [0.15, 0.2) is 0 Å². The topological polar surface area (TPSA) is 52.6 Å². The Morgan fingerprint density at radius 1 is 1.05 bits per heavy atom. The summed E-state index contributed by atoms with van der Waals surface area (Å²) in [7, 11) is 0. The van der Waals surface area contributed by atoms with Gasteiger partial charge >= 0.3 is 11.9 Å². The summed E-state index contributed by atoms with van der Waals surface area (Å²) in [4.78, 5) is 23.6. The monoisotopic (exact) mass is 298 g/mol. The van der Waals surface area contributed by atoms with Crippen molar-refractivity contribution in [3.8, 4) is 0 Å². The van der Waals surface area contributed by atoms with Gasteiger partial charge in [-0.25, -0.2) is 4.79 Å². The van der Waals surface area contributed by atoms with Crippen molar-refractivity contribution in [3.05, 3.63) is 12.2 Å². The lowest BCUT2D eigenvalue weighted by atomic mass is 9.69. The van der Waals surface area contributed by atoms with E-state index in [4.69, 9.17) is 9.47 Å². The Balaban J connectivity index is 4.51. The van der Waals surface area contributed by atoms with Crippen molar-refractivity contribution in [2.45, 2.75) is 54.9 Å². The number of ether oxygens (including phenoxy) is 2. The van der Waals surface area contributed by atoms with Gasteiger partial charge in [0.1, 0.15) is 13.2 Å². The maximum Gasteiger partial charge on any atom is 0.333 e. The Kier molecular flexibility index (Phi) is 7.14. The second kappa shape index (κ2) is 7.62. The quantitative estimate of drug-likeness (QED) is 0.408. The smallest absolute Gasteiger partial charge is 0.333 e. The van der Waals surface area contributed by atoms with Gasteiger partial charge in [-0.05, 0) is 31.6 Å². The Morgan fingerprint density at radius 3 is 1.90 bits per heavy atom. The molecule has 0 rings (SSSR count). The second-order valence-corrected chi connectivity index (χ2v) is 7.36. The minimum atomic E-state index is -0.545. The van der Waals surface area contributed by atoms with Crippen LogP contribution in [0.15, 0.2) is 12.2 Å². The summed E-state index contributed by atoms with van der Waals surface area (Å²) < 4.78 is 10.2. The molecule has 0 N–H and O–H groups in total. The van der Waals surface area contributed by atoms with E-state index in [-0.39, 0.29) is 30.5 Å². The van der Waals surface area contributed by atoms with Gasteiger partial charge in [-0.3, -0.25) is 4.79 Å². The fourth-order valence-corrected chi connectivity index (χ4v) is 2.17. The van der Waals surface area contributed by atoms with Gasteiger partial charge < -0.3 is 9.47 Å². The molecule has 0 aromatic carbocycles. The van der Waals surface area contributed by atoms with Crippen LogP contribution in [0.3, 0.4) is 0 Å². The summed E-state index contributed by atoms with van der Waals surface area (Å²) >= 11 is 0. The van der Waals surface area contributed by atoms with Crippen molar-refractivity contribution >= 4 is 11.9 Å². The largest absolute Gasteiger partial charge is 0.462 e. The summed E-state index contributed by atoms with van der Waals surface area (Å²) in [6, 6.07) is 0. The van der Waals surface area contributed by atoms with Gasteiger partial charge in [0.25, 0.3) is 0 Å². The third-order valence-corrected chi connectivity index (χ3v) is 3.54. The Hall–Kier alpha value is -1.32. The van der Waals surface area contributed by atoms with Crippen molar-refractivity contribution < 1.29 is 19.1 Å². The average Bonchev–Trinajstić information content (AvgIpc) is 2.31. The Morgan fingerprint density at radius 2 is 1.52 bits per heavy atom. The predicted octanol–water partition coefficient (Wildman–Crippen LogP) is 3.75. The maximum absolute atomic E-state index is 12.4. The average molecular weight is 298 g/mol. The fourth-order valence-electron chi connectivity index (χ4n) is 2.17. The van der Waals surface area contributed by atoms with Gasteiger partial charge in [0.05, 0.1) is 5.41 Å². The molecule has 0 bridgehead atoms. The van der Waals surface area contributed by atoms with E-state index in [0.717, 1.165) is 6.42 Å². The molecule has 0 radical (unpaired) electrons. The molecule has 0 aliphatic rings. The first kappa shape index (κ1) is 19.7. The van der Waals surface area contributed by atoms with Crippen molar-refractivity contribution in [2.75, 3.05) is 13.2 Å². The van der Waals surface area contributed by atoms with Gasteiger partial charge in [0.2, 0.25) is 0 Å². The number of carbonyl (C=O) groups is 2. The lowest BCUT2D eigenvalue weighted by molar-refractivity contribution is -0.163. The van der Waals surface area contributed by atoms with Crippen LogP contribution < -0.4 is 0 Å². The minimum Gasteiger partial charge on any atom is -0.462 e. The van der Waals surface area contributed by atoms with Crippen LogP contribution in [0.1, 0.15) is 54.9 Å². The molecule has 4 heteroatoms. The first-order valence-electron chi connectivity index (χ1n) is 7.40.